The Morgan fingerprint density at radius 1 is 0.885 bits per heavy atom. The Bertz CT molecular complexity index is 430. The van der Waals surface area contributed by atoms with Crippen LogP contribution in [0.3, 0.4) is 0 Å². The maximum Gasteiger partial charge on any atom is 0.316 e. The number of Topliss-reactive ketones (excluding diaryl/α,β-unsaturated/α-hetero) is 2. The van der Waals surface area contributed by atoms with E-state index in [-0.39, 0.29) is 30.5 Å². The molecule has 26 heavy (non-hydrogen) atoms. The van der Waals surface area contributed by atoms with E-state index in [1.54, 1.807) is 6.92 Å². The number of carbonyl (C=O) groups excluding carboxylic acids is 3. The number of unbranched alkanes of at least 4 members (excludes halogenated alkanes) is 10. The first kappa shape index (κ1) is 22.9. The van der Waals surface area contributed by atoms with Crippen molar-refractivity contribution in [3.8, 4) is 0 Å². The van der Waals surface area contributed by atoms with Crippen molar-refractivity contribution in [3.05, 3.63) is 0 Å². The third-order valence-corrected chi connectivity index (χ3v) is 5.40. The Balaban J connectivity index is 2.18. The van der Waals surface area contributed by atoms with Crippen LogP contribution in [0, 0.1) is 11.8 Å². The first-order valence-electron chi connectivity index (χ1n) is 10.8. The van der Waals surface area contributed by atoms with E-state index in [1.807, 2.05) is 0 Å². The number of ether oxygens (including phenoxy) is 1. The van der Waals surface area contributed by atoms with Crippen LogP contribution in [0.15, 0.2) is 0 Å². The minimum Gasteiger partial charge on any atom is -0.465 e. The van der Waals surface area contributed by atoms with Crippen molar-refractivity contribution < 1.29 is 19.1 Å². The zero-order chi connectivity index (χ0) is 19.2. The van der Waals surface area contributed by atoms with Gasteiger partial charge in [0.25, 0.3) is 0 Å². The normalized spacial score (nSPS) is 20.4. The molecule has 0 bridgehead atoms. The molecule has 0 aromatic rings. The zero-order valence-electron chi connectivity index (χ0n) is 16.9. The average Bonchev–Trinajstić information content (AvgIpc) is 2.59. The second kappa shape index (κ2) is 13.9. The van der Waals surface area contributed by atoms with Crippen molar-refractivity contribution in [1.29, 1.82) is 0 Å². The van der Waals surface area contributed by atoms with Crippen LogP contribution < -0.4 is 0 Å². The summed E-state index contributed by atoms with van der Waals surface area (Å²) in [7, 11) is 0. The van der Waals surface area contributed by atoms with Gasteiger partial charge in [-0.05, 0) is 19.3 Å². The van der Waals surface area contributed by atoms with E-state index < -0.39 is 11.9 Å². The van der Waals surface area contributed by atoms with Gasteiger partial charge in [0.2, 0.25) is 0 Å². The summed E-state index contributed by atoms with van der Waals surface area (Å²) in [4.78, 5) is 35.9. The van der Waals surface area contributed by atoms with Gasteiger partial charge in [-0.1, -0.05) is 77.6 Å². The molecule has 0 aliphatic heterocycles. The SMILES string of the molecule is CCCCCCCCCCCCCC1CC(=O)CC(=O)C1C(=O)OCC. The van der Waals surface area contributed by atoms with Crippen molar-refractivity contribution in [1.82, 2.24) is 0 Å². The van der Waals surface area contributed by atoms with Gasteiger partial charge in [0.05, 0.1) is 13.0 Å². The van der Waals surface area contributed by atoms with E-state index in [0.29, 0.717) is 6.42 Å². The third-order valence-electron chi connectivity index (χ3n) is 5.40. The lowest BCUT2D eigenvalue weighted by Crippen LogP contribution is -2.39. The lowest BCUT2D eigenvalue weighted by atomic mass is 9.75. The highest BCUT2D eigenvalue weighted by atomic mass is 16.5. The maximum absolute atomic E-state index is 12.1. The molecule has 0 saturated heterocycles. The Morgan fingerprint density at radius 3 is 1.96 bits per heavy atom. The number of hydrogen-bond acceptors (Lipinski definition) is 4. The molecular weight excluding hydrogens is 328 g/mol. The molecule has 0 heterocycles. The van der Waals surface area contributed by atoms with Crippen LogP contribution in [0.4, 0.5) is 0 Å². The molecule has 0 aromatic heterocycles. The summed E-state index contributed by atoms with van der Waals surface area (Å²) in [5, 5.41) is 0. The fraction of sp³-hybridized carbons (Fsp3) is 0.864. The van der Waals surface area contributed by atoms with Gasteiger partial charge in [0.1, 0.15) is 11.7 Å². The highest BCUT2D eigenvalue weighted by molar-refractivity contribution is 6.10. The van der Waals surface area contributed by atoms with E-state index in [0.717, 1.165) is 19.3 Å². The van der Waals surface area contributed by atoms with Crippen molar-refractivity contribution in [2.75, 3.05) is 6.61 Å². The Hall–Kier alpha value is -1.19. The van der Waals surface area contributed by atoms with E-state index in [4.69, 9.17) is 4.74 Å². The van der Waals surface area contributed by atoms with Gasteiger partial charge in [-0.2, -0.15) is 0 Å². The first-order chi connectivity index (χ1) is 12.6. The Kier molecular flexibility index (Phi) is 12.3. The number of ketones is 2. The molecule has 0 amide bonds. The molecule has 1 aliphatic carbocycles. The second-order valence-electron chi connectivity index (χ2n) is 7.70. The molecule has 2 atom stereocenters. The van der Waals surface area contributed by atoms with Crippen molar-refractivity contribution in [2.45, 2.75) is 104 Å². The summed E-state index contributed by atoms with van der Waals surface area (Å²) in [6.45, 7) is 4.27. The van der Waals surface area contributed by atoms with E-state index in [9.17, 15) is 14.4 Å². The predicted octanol–water partition coefficient (Wildman–Crippen LogP) is 5.42. The molecule has 4 heteroatoms. The minimum atomic E-state index is -0.712. The summed E-state index contributed by atoms with van der Waals surface area (Å²) in [6.07, 6.45) is 15.0. The standard InChI is InChI=1S/C22H38O4/c1-3-5-6-7-8-9-10-11-12-13-14-15-18-16-19(23)17-20(24)21(18)22(25)26-4-2/h18,21H,3-17H2,1-2H3. The molecule has 2 unspecified atom stereocenters. The van der Waals surface area contributed by atoms with Gasteiger partial charge in [0.15, 0.2) is 5.78 Å². The van der Waals surface area contributed by atoms with E-state index >= 15 is 0 Å². The highest BCUT2D eigenvalue weighted by Gasteiger charge is 2.41. The molecular formula is C22H38O4. The predicted molar refractivity (Wildman–Crippen MR) is 104 cm³/mol. The third kappa shape index (κ3) is 8.95. The minimum absolute atomic E-state index is 0.0244. The molecule has 1 aliphatic rings. The van der Waals surface area contributed by atoms with E-state index in [2.05, 4.69) is 6.92 Å². The molecule has 1 fully saturated rings. The average molecular weight is 367 g/mol. The number of carbonyl (C=O) groups is 3. The highest BCUT2D eigenvalue weighted by Crippen LogP contribution is 2.31. The molecule has 0 aromatic carbocycles. The summed E-state index contributed by atoms with van der Waals surface area (Å²) < 4.78 is 5.05. The van der Waals surface area contributed by atoms with Gasteiger partial charge in [0, 0.05) is 6.42 Å². The van der Waals surface area contributed by atoms with Crippen LogP contribution in [0.25, 0.3) is 0 Å². The van der Waals surface area contributed by atoms with Crippen LogP contribution in [0.2, 0.25) is 0 Å². The van der Waals surface area contributed by atoms with Crippen molar-refractivity contribution in [2.24, 2.45) is 11.8 Å². The monoisotopic (exact) mass is 366 g/mol. The fourth-order valence-corrected chi connectivity index (χ4v) is 3.95. The van der Waals surface area contributed by atoms with Crippen LogP contribution >= 0.6 is 0 Å². The van der Waals surface area contributed by atoms with Gasteiger partial charge in [-0.3, -0.25) is 14.4 Å². The molecule has 4 nitrogen and oxygen atoms in total. The number of hydrogen-bond donors (Lipinski definition) is 0. The lowest BCUT2D eigenvalue weighted by Gasteiger charge is -2.28. The second-order valence-corrected chi connectivity index (χ2v) is 7.70. The largest absolute Gasteiger partial charge is 0.465 e. The molecule has 0 N–H and O–H groups in total. The quantitative estimate of drug-likeness (QED) is 0.234. The number of rotatable bonds is 14. The van der Waals surface area contributed by atoms with Gasteiger partial charge < -0.3 is 4.74 Å². The van der Waals surface area contributed by atoms with Crippen molar-refractivity contribution in [3.63, 3.8) is 0 Å². The molecule has 150 valence electrons. The molecule has 0 radical (unpaired) electrons. The first-order valence-corrected chi connectivity index (χ1v) is 10.8. The topological polar surface area (TPSA) is 60.4 Å². The Morgan fingerprint density at radius 2 is 1.42 bits per heavy atom. The van der Waals surface area contributed by atoms with Crippen LogP contribution in [0.5, 0.6) is 0 Å². The van der Waals surface area contributed by atoms with E-state index in [1.165, 1.54) is 57.8 Å². The maximum atomic E-state index is 12.1. The lowest BCUT2D eigenvalue weighted by molar-refractivity contribution is -0.156. The Labute approximate surface area is 159 Å². The van der Waals surface area contributed by atoms with Crippen LogP contribution in [-0.2, 0) is 19.1 Å². The zero-order valence-corrected chi connectivity index (χ0v) is 16.9. The summed E-state index contributed by atoms with van der Waals surface area (Å²) in [5.41, 5.74) is 0. The van der Waals surface area contributed by atoms with Gasteiger partial charge >= 0.3 is 5.97 Å². The van der Waals surface area contributed by atoms with Crippen molar-refractivity contribution >= 4 is 17.5 Å². The van der Waals surface area contributed by atoms with Gasteiger partial charge in [-0.15, -0.1) is 0 Å². The fourth-order valence-electron chi connectivity index (χ4n) is 3.95. The van der Waals surface area contributed by atoms with Crippen LogP contribution in [0.1, 0.15) is 104 Å². The van der Waals surface area contributed by atoms with Crippen LogP contribution in [-0.4, -0.2) is 24.1 Å². The summed E-state index contributed by atoms with van der Waals surface area (Å²) in [5.74, 6) is -1.56. The molecule has 1 saturated carbocycles. The summed E-state index contributed by atoms with van der Waals surface area (Å²) >= 11 is 0. The smallest absolute Gasteiger partial charge is 0.316 e. The molecule has 0 spiro atoms. The van der Waals surface area contributed by atoms with Gasteiger partial charge in [-0.25, -0.2) is 0 Å². The number of esters is 1. The summed E-state index contributed by atoms with van der Waals surface area (Å²) in [6, 6.07) is 0. The molecule has 1 rings (SSSR count).